The number of rotatable bonds is 2. The van der Waals surface area contributed by atoms with Crippen LogP contribution in [0.15, 0.2) is 0 Å². The molecule has 33 heavy (non-hydrogen) atoms. The van der Waals surface area contributed by atoms with Gasteiger partial charge in [0.25, 0.3) is 0 Å². The molecule has 0 aliphatic carbocycles. The first-order valence-electron chi connectivity index (χ1n) is 10.6. The van der Waals surface area contributed by atoms with Crippen molar-refractivity contribution in [3.8, 4) is 0 Å². The average Bonchev–Trinajstić information content (AvgIpc) is 3.15. The number of alkyl halides is 4. The summed E-state index contributed by atoms with van der Waals surface area (Å²) in [6, 6.07) is 0. The molecule has 0 aromatic heterocycles. The smallest absolute Gasteiger partial charge is 0.410 e. The van der Waals surface area contributed by atoms with E-state index in [1.807, 2.05) is 0 Å². The number of hydrogen-bond acceptors (Lipinski definition) is 5. The molecule has 2 saturated heterocycles. The molecule has 0 unspecified atom stereocenters. The predicted octanol–water partition coefficient (Wildman–Crippen LogP) is 4.87. The number of halogens is 4. The molecule has 0 bridgehead atoms. The molecular weight excluding hydrogens is 448 g/mol. The molecule has 0 aromatic rings. The molecule has 2 rings (SSSR count). The summed E-state index contributed by atoms with van der Waals surface area (Å²) < 4.78 is 60.2. The van der Waals surface area contributed by atoms with Gasteiger partial charge < -0.3 is 24.4 Å². The third-order valence-corrected chi connectivity index (χ3v) is 4.95. The van der Waals surface area contributed by atoms with Crippen LogP contribution in [-0.4, -0.2) is 83.4 Å². The van der Waals surface area contributed by atoms with Gasteiger partial charge in [-0.05, 0) is 47.5 Å². The second kappa shape index (κ2) is 12.1. The van der Waals surface area contributed by atoms with E-state index in [1.165, 1.54) is 4.90 Å². The van der Waals surface area contributed by atoms with E-state index in [0.29, 0.717) is 6.54 Å². The molecule has 11 heteroatoms. The molecule has 0 spiro atoms. The third kappa shape index (κ3) is 10.4. The minimum atomic E-state index is -2.62. The van der Waals surface area contributed by atoms with Crippen LogP contribution in [0.3, 0.4) is 0 Å². The number of hydrogen-bond donors (Lipinski definition) is 1. The van der Waals surface area contributed by atoms with E-state index in [2.05, 4.69) is 0 Å². The van der Waals surface area contributed by atoms with Gasteiger partial charge in [-0.25, -0.2) is 27.2 Å². The number of aliphatic hydroxyl groups excluding tert-OH is 1. The number of likely N-dealkylation sites (tertiary alicyclic amines) is 2. The maximum Gasteiger partial charge on any atom is 0.410 e. The number of ether oxygens (including phenoxy) is 2. The van der Waals surface area contributed by atoms with E-state index in [-0.39, 0.29) is 33.0 Å². The second-order valence-corrected chi connectivity index (χ2v) is 10.3. The van der Waals surface area contributed by atoms with Crippen molar-refractivity contribution in [3.05, 3.63) is 0 Å². The molecule has 0 saturated carbocycles. The highest BCUT2D eigenvalue weighted by atomic mass is 19.3. The Morgan fingerprint density at radius 3 is 1.45 bits per heavy atom. The van der Waals surface area contributed by atoms with Gasteiger partial charge in [0, 0.05) is 25.6 Å². The van der Waals surface area contributed by atoms with Gasteiger partial charge in [0.2, 0.25) is 12.9 Å². The Morgan fingerprint density at radius 1 is 0.788 bits per heavy atom. The molecule has 1 N–H and O–H groups in total. The van der Waals surface area contributed by atoms with Gasteiger partial charge in [-0.2, -0.15) is 0 Å². The van der Waals surface area contributed by atoms with E-state index in [1.54, 1.807) is 48.5 Å². The number of β-amino-alcohol motifs (C(OH)–C–C–N with tert-alkyl or cyclic N) is 1. The number of nitrogens with zero attached hydrogens (tertiary/aromatic N) is 2. The minimum absolute atomic E-state index is 0. The van der Waals surface area contributed by atoms with Crippen molar-refractivity contribution >= 4 is 12.2 Å². The van der Waals surface area contributed by atoms with Crippen molar-refractivity contribution in [2.24, 2.45) is 17.8 Å². The Hall–Kier alpha value is -1.78. The fourth-order valence-corrected chi connectivity index (χ4v) is 3.33. The quantitative estimate of drug-likeness (QED) is 0.561. The van der Waals surface area contributed by atoms with Crippen molar-refractivity contribution < 1.29 is 41.7 Å². The van der Waals surface area contributed by atoms with Crippen LogP contribution in [0.4, 0.5) is 27.2 Å². The molecule has 0 radical (unpaired) electrons. The van der Waals surface area contributed by atoms with E-state index < -0.39 is 54.2 Å². The van der Waals surface area contributed by atoms with Crippen molar-refractivity contribution in [2.45, 2.75) is 86.0 Å². The molecular formula is C22H40F4N2O5. The first-order valence-corrected chi connectivity index (χ1v) is 10.6. The van der Waals surface area contributed by atoms with E-state index >= 15 is 0 Å². The average molecular weight is 489 g/mol. The molecule has 4 atom stereocenters. The Labute approximate surface area is 194 Å². The van der Waals surface area contributed by atoms with Gasteiger partial charge >= 0.3 is 12.2 Å². The van der Waals surface area contributed by atoms with Gasteiger partial charge in [0.15, 0.2) is 0 Å². The summed E-state index contributed by atoms with van der Waals surface area (Å²) >= 11 is 0. The van der Waals surface area contributed by atoms with Gasteiger partial charge in [0.1, 0.15) is 11.2 Å². The van der Waals surface area contributed by atoms with E-state index in [4.69, 9.17) is 9.47 Å². The highest BCUT2D eigenvalue weighted by Crippen LogP contribution is 2.29. The standard InChI is InChI=1S/C11H19F2NO2.C10H17F2NO3.CH4/c1-7-5-14(6-8(7)9(12)13)10(15)16-11(2,3)4;1-10(2,3)16-9(15)13-4-6(8(11)12)7(14)5-13;/h7-9H,5-6H2,1-4H3;6-8,14H,4-5H2,1-3H3;1H4/t7-,8-;6-,7-;/m11./s1. The molecule has 2 amide bonds. The van der Waals surface area contributed by atoms with Gasteiger partial charge in [-0.15, -0.1) is 0 Å². The summed E-state index contributed by atoms with van der Waals surface area (Å²) in [7, 11) is 0. The highest BCUT2D eigenvalue weighted by molar-refractivity contribution is 5.69. The fourth-order valence-electron chi connectivity index (χ4n) is 3.33. The maximum atomic E-state index is 12.6. The van der Waals surface area contributed by atoms with Crippen LogP contribution in [0.25, 0.3) is 0 Å². The maximum absolute atomic E-state index is 12.6. The molecule has 2 heterocycles. The summed E-state index contributed by atoms with van der Waals surface area (Å²) in [6.07, 6.45) is -7.32. The lowest BCUT2D eigenvalue weighted by molar-refractivity contribution is 0.0191. The largest absolute Gasteiger partial charge is 0.444 e. The lowest BCUT2D eigenvalue weighted by Gasteiger charge is -2.24. The third-order valence-electron chi connectivity index (χ3n) is 4.95. The number of carbonyl (C=O) groups is 2. The van der Waals surface area contributed by atoms with Crippen LogP contribution >= 0.6 is 0 Å². The first-order chi connectivity index (χ1) is 14.4. The number of amides is 2. The van der Waals surface area contributed by atoms with Gasteiger partial charge in [-0.1, -0.05) is 14.4 Å². The van der Waals surface area contributed by atoms with E-state index in [9.17, 15) is 32.3 Å². The molecule has 7 nitrogen and oxygen atoms in total. The summed E-state index contributed by atoms with van der Waals surface area (Å²) in [5.74, 6) is -2.08. The predicted molar refractivity (Wildman–Crippen MR) is 117 cm³/mol. The van der Waals surface area contributed by atoms with Crippen LogP contribution in [0.5, 0.6) is 0 Å². The van der Waals surface area contributed by atoms with Gasteiger partial charge in [-0.3, -0.25) is 0 Å². The van der Waals surface area contributed by atoms with Crippen LogP contribution < -0.4 is 0 Å². The summed E-state index contributed by atoms with van der Waals surface area (Å²) in [5, 5.41) is 9.35. The number of carbonyl (C=O) groups excluding carboxylic acids is 2. The molecule has 2 fully saturated rings. The van der Waals surface area contributed by atoms with Crippen LogP contribution in [-0.2, 0) is 9.47 Å². The molecule has 0 aromatic carbocycles. The first kappa shape index (κ1) is 31.2. The Bertz CT molecular complexity index is 583. The van der Waals surface area contributed by atoms with Crippen molar-refractivity contribution in [2.75, 3.05) is 26.2 Å². The van der Waals surface area contributed by atoms with Crippen molar-refractivity contribution in [1.82, 2.24) is 9.80 Å². The second-order valence-electron chi connectivity index (χ2n) is 10.3. The Kier molecular flexibility index (Phi) is 11.4. The highest BCUT2D eigenvalue weighted by Gasteiger charge is 2.41. The van der Waals surface area contributed by atoms with Crippen LogP contribution in [0.2, 0.25) is 0 Å². The Morgan fingerprint density at radius 2 is 1.15 bits per heavy atom. The van der Waals surface area contributed by atoms with Crippen molar-refractivity contribution in [1.29, 1.82) is 0 Å². The summed E-state index contributed by atoms with van der Waals surface area (Å²) in [6.45, 7) is 12.3. The molecule has 2 aliphatic rings. The zero-order valence-corrected chi connectivity index (χ0v) is 19.8. The lowest BCUT2D eigenvalue weighted by atomic mass is 9.99. The SMILES string of the molecule is C.CC(C)(C)OC(=O)N1C[C@@H](O)[C@H](C(F)F)C1.C[C@@H]1CN(C(=O)OC(C)(C)C)C[C@H]1C(F)F. The fraction of sp³-hybridized carbons (Fsp3) is 0.909. The topological polar surface area (TPSA) is 79.3 Å². The minimum Gasteiger partial charge on any atom is -0.444 e. The van der Waals surface area contributed by atoms with E-state index in [0.717, 1.165) is 4.90 Å². The monoisotopic (exact) mass is 488 g/mol. The summed E-state index contributed by atoms with van der Waals surface area (Å²) in [4.78, 5) is 25.6. The van der Waals surface area contributed by atoms with Crippen molar-refractivity contribution in [3.63, 3.8) is 0 Å². The summed E-state index contributed by atoms with van der Waals surface area (Å²) in [5.41, 5.74) is -1.24. The van der Waals surface area contributed by atoms with Crippen LogP contribution in [0, 0.1) is 17.8 Å². The number of aliphatic hydroxyl groups is 1. The zero-order chi connectivity index (χ0) is 25.0. The molecule has 2 aliphatic heterocycles. The zero-order valence-electron chi connectivity index (χ0n) is 19.8. The molecule has 196 valence electrons. The van der Waals surface area contributed by atoms with Gasteiger partial charge in [0.05, 0.1) is 18.6 Å². The normalized spacial score (nSPS) is 25.5. The Balaban J connectivity index is 0.000000602. The lowest BCUT2D eigenvalue weighted by Crippen LogP contribution is -2.36. The van der Waals surface area contributed by atoms with Crippen LogP contribution in [0.1, 0.15) is 55.9 Å².